The van der Waals surface area contributed by atoms with E-state index in [1.165, 1.54) is 40.4 Å². The molecule has 1 nitrogen and oxygen atoms in total. The molecule has 2 heteroatoms. The summed E-state index contributed by atoms with van der Waals surface area (Å²) in [5, 5.41) is 0. The summed E-state index contributed by atoms with van der Waals surface area (Å²) in [7, 11) is 0. The molecule has 0 heterocycles. The lowest BCUT2D eigenvalue weighted by Crippen LogP contribution is -2.11. The van der Waals surface area contributed by atoms with Gasteiger partial charge in [0.1, 0.15) is 5.75 Å². The van der Waals surface area contributed by atoms with Gasteiger partial charge in [-0.1, -0.05) is 63.4 Å². The molecule has 0 radical (unpaired) electrons. The quantitative estimate of drug-likeness (QED) is 0.450. The fourth-order valence-electron chi connectivity index (χ4n) is 2.54. The highest BCUT2D eigenvalue weighted by atomic mass is 127. The molecule has 2 aromatic carbocycles. The number of unbranched alkanes of at least 4 members (excludes halogenated alkanes) is 1. The van der Waals surface area contributed by atoms with Crippen molar-refractivity contribution < 1.29 is 4.74 Å². The van der Waals surface area contributed by atoms with Crippen LogP contribution in [0.2, 0.25) is 0 Å². The standard InChI is InChI=1S/C20H25IO/c1-3-5-8-16(4-2)15-22-18-13-11-17(12-14-18)19-9-6-7-10-20(19)21/h6-7,9-14,16H,3-5,8,15H2,1-2H3. The van der Waals surface area contributed by atoms with Crippen LogP contribution in [0.15, 0.2) is 48.5 Å². The maximum absolute atomic E-state index is 5.98. The SMILES string of the molecule is CCCCC(CC)COc1ccc(-c2ccccc2I)cc1. The first kappa shape index (κ1) is 17.3. The molecular weight excluding hydrogens is 383 g/mol. The molecule has 0 fully saturated rings. The van der Waals surface area contributed by atoms with Crippen molar-refractivity contribution in [2.75, 3.05) is 6.61 Å². The van der Waals surface area contributed by atoms with Gasteiger partial charge in [0.05, 0.1) is 6.61 Å². The van der Waals surface area contributed by atoms with Crippen LogP contribution < -0.4 is 4.74 Å². The highest BCUT2D eigenvalue weighted by Crippen LogP contribution is 2.27. The minimum absolute atomic E-state index is 0.676. The second-order valence-electron chi connectivity index (χ2n) is 5.73. The summed E-state index contributed by atoms with van der Waals surface area (Å²) < 4.78 is 7.25. The lowest BCUT2D eigenvalue weighted by atomic mass is 10.0. The molecule has 118 valence electrons. The van der Waals surface area contributed by atoms with Crippen molar-refractivity contribution in [2.45, 2.75) is 39.5 Å². The topological polar surface area (TPSA) is 9.23 Å². The van der Waals surface area contributed by atoms with Crippen molar-refractivity contribution >= 4 is 22.6 Å². The van der Waals surface area contributed by atoms with Crippen LogP contribution in [-0.4, -0.2) is 6.61 Å². The number of rotatable bonds is 8. The Morgan fingerprint density at radius 3 is 2.36 bits per heavy atom. The molecule has 0 saturated heterocycles. The van der Waals surface area contributed by atoms with Gasteiger partial charge in [-0.05, 0) is 64.3 Å². The van der Waals surface area contributed by atoms with Crippen LogP contribution in [0.3, 0.4) is 0 Å². The molecule has 0 spiro atoms. The molecule has 0 N–H and O–H groups in total. The zero-order valence-corrected chi connectivity index (χ0v) is 15.7. The number of hydrogen-bond acceptors (Lipinski definition) is 1. The summed E-state index contributed by atoms with van der Waals surface area (Å²) in [6.45, 7) is 5.33. The highest BCUT2D eigenvalue weighted by molar-refractivity contribution is 14.1. The van der Waals surface area contributed by atoms with Crippen molar-refractivity contribution in [3.63, 3.8) is 0 Å². The Bertz CT molecular complexity index is 562. The second kappa shape index (κ2) is 9.19. The number of benzene rings is 2. The lowest BCUT2D eigenvalue weighted by molar-refractivity contribution is 0.233. The fraction of sp³-hybridized carbons (Fsp3) is 0.400. The molecule has 0 aromatic heterocycles. The molecule has 1 atom stereocenters. The largest absolute Gasteiger partial charge is 0.493 e. The predicted octanol–water partition coefficient (Wildman–Crippen LogP) is 6.55. The summed E-state index contributed by atoms with van der Waals surface area (Å²) in [6, 6.07) is 16.9. The van der Waals surface area contributed by atoms with Crippen molar-refractivity contribution in [2.24, 2.45) is 5.92 Å². The maximum atomic E-state index is 5.98. The molecular formula is C20H25IO. The van der Waals surface area contributed by atoms with E-state index in [1.54, 1.807) is 0 Å². The average Bonchev–Trinajstić information content (AvgIpc) is 2.56. The van der Waals surface area contributed by atoms with E-state index in [9.17, 15) is 0 Å². The molecule has 2 aromatic rings. The van der Waals surface area contributed by atoms with Gasteiger partial charge in [-0.2, -0.15) is 0 Å². The molecule has 2 rings (SSSR count). The van der Waals surface area contributed by atoms with Crippen LogP contribution in [-0.2, 0) is 0 Å². The summed E-state index contributed by atoms with van der Waals surface area (Å²) in [5.41, 5.74) is 2.53. The summed E-state index contributed by atoms with van der Waals surface area (Å²) in [4.78, 5) is 0. The molecule has 0 aliphatic carbocycles. The van der Waals surface area contributed by atoms with Crippen LogP contribution >= 0.6 is 22.6 Å². The van der Waals surface area contributed by atoms with Crippen LogP contribution in [0.25, 0.3) is 11.1 Å². The summed E-state index contributed by atoms with van der Waals surface area (Å²) >= 11 is 2.38. The van der Waals surface area contributed by atoms with E-state index in [0.717, 1.165) is 12.4 Å². The molecule has 0 aliphatic heterocycles. The van der Waals surface area contributed by atoms with Gasteiger partial charge in [0, 0.05) is 3.57 Å². The van der Waals surface area contributed by atoms with Crippen molar-refractivity contribution in [3.05, 3.63) is 52.1 Å². The predicted molar refractivity (Wildman–Crippen MR) is 103 cm³/mol. The van der Waals surface area contributed by atoms with E-state index < -0.39 is 0 Å². The molecule has 0 bridgehead atoms. The van der Waals surface area contributed by atoms with Gasteiger partial charge in [-0.3, -0.25) is 0 Å². The van der Waals surface area contributed by atoms with Crippen LogP contribution in [0.1, 0.15) is 39.5 Å². The van der Waals surface area contributed by atoms with Gasteiger partial charge >= 0.3 is 0 Å². The van der Waals surface area contributed by atoms with Gasteiger partial charge in [0.15, 0.2) is 0 Å². The first-order valence-electron chi connectivity index (χ1n) is 8.22. The Labute approximate surface area is 148 Å². The van der Waals surface area contributed by atoms with E-state index in [-0.39, 0.29) is 0 Å². The smallest absolute Gasteiger partial charge is 0.119 e. The fourth-order valence-corrected chi connectivity index (χ4v) is 3.24. The Kier molecular flexibility index (Phi) is 7.23. The summed E-state index contributed by atoms with van der Waals surface area (Å²) in [5.74, 6) is 1.65. The van der Waals surface area contributed by atoms with E-state index >= 15 is 0 Å². The third-order valence-corrected chi connectivity index (χ3v) is 5.01. The van der Waals surface area contributed by atoms with Crippen molar-refractivity contribution in [1.82, 2.24) is 0 Å². The van der Waals surface area contributed by atoms with Crippen LogP contribution in [0.5, 0.6) is 5.75 Å². The maximum Gasteiger partial charge on any atom is 0.119 e. The van der Waals surface area contributed by atoms with E-state index in [1.807, 2.05) is 0 Å². The number of hydrogen-bond donors (Lipinski definition) is 0. The van der Waals surface area contributed by atoms with Gasteiger partial charge < -0.3 is 4.74 Å². The second-order valence-corrected chi connectivity index (χ2v) is 6.89. The minimum Gasteiger partial charge on any atom is -0.493 e. The van der Waals surface area contributed by atoms with Crippen molar-refractivity contribution in [3.8, 4) is 16.9 Å². The zero-order chi connectivity index (χ0) is 15.8. The molecule has 0 saturated carbocycles. The first-order valence-corrected chi connectivity index (χ1v) is 9.30. The minimum atomic E-state index is 0.676. The van der Waals surface area contributed by atoms with E-state index in [4.69, 9.17) is 4.74 Å². The monoisotopic (exact) mass is 408 g/mol. The highest BCUT2D eigenvalue weighted by Gasteiger charge is 2.07. The molecule has 0 aliphatic rings. The Morgan fingerprint density at radius 1 is 1.00 bits per heavy atom. The van der Waals surface area contributed by atoms with Gasteiger partial charge in [0.25, 0.3) is 0 Å². The Morgan fingerprint density at radius 2 is 1.73 bits per heavy atom. The summed E-state index contributed by atoms with van der Waals surface area (Å²) in [6.07, 6.45) is 5.03. The molecule has 1 unspecified atom stereocenters. The zero-order valence-electron chi connectivity index (χ0n) is 13.5. The van der Waals surface area contributed by atoms with Crippen molar-refractivity contribution in [1.29, 1.82) is 0 Å². The average molecular weight is 408 g/mol. The first-order chi connectivity index (χ1) is 10.7. The lowest BCUT2D eigenvalue weighted by Gasteiger charge is -2.15. The number of ether oxygens (including phenoxy) is 1. The van der Waals surface area contributed by atoms with Gasteiger partial charge in [-0.25, -0.2) is 0 Å². The third-order valence-electron chi connectivity index (χ3n) is 4.07. The Hall–Kier alpha value is -1.03. The Balaban J connectivity index is 1.96. The number of halogens is 1. The van der Waals surface area contributed by atoms with E-state index in [0.29, 0.717) is 5.92 Å². The third kappa shape index (κ3) is 5.01. The van der Waals surface area contributed by atoms with Gasteiger partial charge in [0.2, 0.25) is 0 Å². The van der Waals surface area contributed by atoms with Gasteiger partial charge in [-0.15, -0.1) is 0 Å². The van der Waals surface area contributed by atoms with Crippen LogP contribution in [0, 0.1) is 9.49 Å². The molecule has 22 heavy (non-hydrogen) atoms. The molecule has 0 amide bonds. The van der Waals surface area contributed by atoms with E-state index in [2.05, 4.69) is 85.0 Å². The van der Waals surface area contributed by atoms with Crippen LogP contribution in [0.4, 0.5) is 0 Å². The normalized spacial score (nSPS) is 12.1.